The highest BCUT2D eigenvalue weighted by atomic mass is 16.5. The fraction of sp³-hybridized carbons (Fsp3) is 0.158. The van der Waals surface area contributed by atoms with Gasteiger partial charge in [-0.05, 0) is 31.2 Å². The van der Waals surface area contributed by atoms with Gasteiger partial charge in [-0.25, -0.2) is 4.98 Å². The second kappa shape index (κ2) is 7.46. The molecule has 1 aromatic heterocycles. The van der Waals surface area contributed by atoms with Crippen LogP contribution >= 0.6 is 0 Å². The third-order valence-electron chi connectivity index (χ3n) is 3.43. The highest BCUT2D eigenvalue weighted by Gasteiger charge is 2.17. The number of oxazole rings is 1. The standard InChI is InChI=1S/C19H18N2O3/c1-14-17(21-19(24-14)15-8-4-2-5-9-15)18(22)20-12-13-23-16-10-6-3-7-11-16/h2-11H,12-13H2,1H3,(H,20,22). The van der Waals surface area contributed by atoms with Crippen molar-refractivity contribution >= 4 is 5.91 Å². The van der Waals surface area contributed by atoms with Gasteiger partial charge in [0.15, 0.2) is 5.69 Å². The molecule has 0 spiro atoms. The Morgan fingerprint density at radius 3 is 2.46 bits per heavy atom. The van der Waals surface area contributed by atoms with Crippen LogP contribution in [0.1, 0.15) is 16.2 Å². The Morgan fingerprint density at radius 2 is 1.75 bits per heavy atom. The molecule has 0 saturated carbocycles. The molecule has 122 valence electrons. The number of ether oxygens (including phenoxy) is 1. The number of benzene rings is 2. The molecule has 5 heteroatoms. The first-order chi connectivity index (χ1) is 11.7. The van der Waals surface area contributed by atoms with Crippen molar-refractivity contribution in [3.8, 4) is 17.2 Å². The largest absolute Gasteiger partial charge is 0.492 e. The molecule has 0 bridgehead atoms. The zero-order valence-corrected chi connectivity index (χ0v) is 13.4. The highest BCUT2D eigenvalue weighted by Crippen LogP contribution is 2.21. The molecule has 24 heavy (non-hydrogen) atoms. The van der Waals surface area contributed by atoms with Crippen molar-refractivity contribution in [3.63, 3.8) is 0 Å². The van der Waals surface area contributed by atoms with E-state index in [2.05, 4.69) is 10.3 Å². The van der Waals surface area contributed by atoms with Crippen molar-refractivity contribution in [1.29, 1.82) is 0 Å². The van der Waals surface area contributed by atoms with Crippen molar-refractivity contribution in [2.24, 2.45) is 0 Å². The van der Waals surface area contributed by atoms with Gasteiger partial charge in [0.1, 0.15) is 18.1 Å². The van der Waals surface area contributed by atoms with Crippen LogP contribution in [-0.4, -0.2) is 24.0 Å². The number of nitrogens with one attached hydrogen (secondary N) is 1. The minimum atomic E-state index is -0.268. The van der Waals surface area contributed by atoms with E-state index in [0.717, 1.165) is 11.3 Å². The lowest BCUT2D eigenvalue weighted by atomic mass is 10.2. The molecule has 1 N–H and O–H groups in total. The maximum atomic E-state index is 12.2. The van der Waals surface area contributed by atoms with Crippen molar-refractivity contribution < 1.29 is 13.9 Å². The predicted octanol–water partition coefficient (Wildman–Crippen LogP) is 3.46. The molecular formula is C19H18N2O3. The number of hydrogen-bond acceptors (Lipinski definition) is 4. The van der Waals surface area contributed by atoms with Crippen LogP contribution in [0.4, 0.5) is 0 Å². The van der Waals surface area contributed by atoms with Crippen LogP contribution in [0.5, 0.6) is 5.75 Å². The third kappa shape index (κ3) is 3.81. The molecule has 2 aromatic carbocycles. The van der Waals surface area contributed by atoms with Gasteiger partial charge in [0.05, 0.1) is 6.54 Å². The van der Waals surface area contributed by atoms with Crippen LogP contribution < -0.4 is 10.1 Å². The number of nitrogens with zero attached hydrogens (tertiary/aromatic N) is 1. The number of aromatic nitrogens is 1. The van der Waals surface area contributed by atoms with Crippen molar-refractivity contribution in [2.45, 2.75) is 6.92 Å². The van der Waals surface area contributed by atoms with Gasteiger partial charge in [0.25, 0.3) is 5.91 Å². The van der Waals surface area contributed by atoms with Crippen LogP contribution in [-0.2, 0) is 0 Å². The van der Waals surface area contributed by atoms with Crippen LogP contribution in [0, 0.1) is 6.92 Å². The Morgan fingerprint density at radius 1 is 1.08 bits per heavy atom. The lowest BCUT2D eigenvalue weighted by Crippen LogP contribution is -2.28. The second-order valence-electron chi connectivity index (χ2n) is 5.21. The molecule has 3 rings (SSSR count). The Kier molecular flexibility index (Phi) is 4.91. The Hall–Kier alpha value is -3.08. The van der Waals surface area contributed by atoms with E-state index in [9.17, 15) is 4.79 Å². The summed E-state index contributed by atoms with van der Waals surface area (Å²) in [7, 11) is 0. The zero-order chi connectivity index (χ0) is 16.8. The molecule has 0 aliphatic rings. The molecule has 0 aliphatic heterocycles. The number of amides is 1. The van der Waals surface area contributed by atoms with E-state index in [4.69, 9.17) is 9.15 Å². The van der Waals surface area contributed by atoms with Gasteiger partial charge in [-0.15, -0.1) is 0 Å². The molecule has 0 fully saturated rings. The van der Waals surface area contributed by atoms with Gasteiger partial charge in [0.2, 0.25) is 5.89 Å². The normalized spacial score (nSPS) is 10.4. The van der Waals surface area contributed by atoms with Crippen molar-refractivity contribution in [2.75, 3.05) is 13.2 Å². The first kappa shape index (κ1) is 15.8. The lowest BCUT2D eigenvalue weighted by Gasteiger charge is -2.06. The lowest BCUT2D eigenvalue weighted by molar-refractivity contribution is 0.0941. The monoisotopic (exact) mass is 322 g/mol. The molecule has 1 amide bonds. The molecule has 0 radical (unpaired) electrons. The molecule has 0 unspecified atom stereocenters. The van der Waals surface area contributed by atoms with Crippen LogP contribution in [0.3, 0.4) is 0 Å². The fourth-order valence-corrected chi connectivity index (χ4v) is 2.25. The zero-order valence-electron chi connectivity index (χ0n) is 13.4. The van der Waals surface area contributed by atoms with Crippen LogP contribution in [0.25, 0.3) is 11.5 Å². The summed E-state index contributed by atoms with van der Waals surface area (Å²) < 4.78 is 11.1. The van der Waals surface area contributed by atoms with Gasteiger partial charge in [-0.3, -0.25) is 4.79 Å². The smallest absolute Gasteiger partial charge is 0.273 e. The van der Waals surface area contributed by atoms with Crippen molar-refractivity contribution in [1.82, 2.24) is 10.3 Å². The highest BCUT2D eigenvalue weighted by molar-refractivity contribution is 5.93. The minimum absolute atomic E-state index is 0.268. The Balaban J connectivity index is 1.56. The number of rotatable bonds is 6. The average Bonchev–Trinajstić information content (AvgIpc) is 3.02. The van der Waals surface area contributed by atoms with Crippen LogP contribution in [0.2, 0.25) is 0 Å². The topological polar surface area (TPSA) is 64.4 Å². The van der Waals surface area contributed by atoms with Gasteiger partial charge in [-0.1, -0.05) is 36.4 Å². The number of carbonyl (C=O) groups excluding carboxylic acids is 1. The number of aryl methyl sites for hydroxylation is 1. The number of carbonyl (C=O) groups is 1. The maximum absolute atomic E-state index is 12.2. The summed E-state index contributed by atoms with van der Waals surface area (Å²) in [6.07, 6.45) is 0. The third-order valence-corrected chi connectivity index (χ3v) is 3.43. The van der Waals surface area contributed by atoms with E-state index < -0.39 is 0 Å². The van der Waals surface area contributed by atoms with Crippen molar-refractivity contribution in [3.05, 3.63) is 72.1 Å². The molecule has 5 nitrogen and oxygen atoms in total. The summed E-state index contributed by atoms with van der Waals surface area (Å²) in [5.74, 6) is 1.44. The summed E-state index contributed by atoms with van der Waals surface area (Å²) in [6, 6.07) is 19.0. The first-order valence-electron chi connectivity index (χ1n) is 7.73. The van der Waals surface area contributed by atoms with E-state index in [-0.39, 0.29) is 5.91 Å². The summed E-state index contributed by atoms with van der Waals surface area (Å²) in [6.45, 7) is 2.51. The van der Waals surface area contributed by atoms with Gasteiger partial charge in [-0.2, -0.15) is 0 Å². The molecular weight excluding hydrogens is 304 g/mol. The molecule has 0 atom stereocenters. The predicted molar refractivity (Wildman–Crippen MR) is 90.9 cm³/mol. The fourth-order valence-electron chi connectivity index (χ4n) is 2.25. The van der Waals surface area contributed by atoms with Gasteiger partial charge >= 0.3 is 0 Å². The van der Waals surface area contributed by atoms with E-state index in [1.54, 1.807) is 6.92 Å². The molecule has 0 aliphatic carbocycles. The number of para-hydroxylation sites is 1. The van der Waals surface area contributed by atoms with E-state index in [1.807, 2.05) is 60.7 Å². The first-order valence-corrected chi connectivity index (χ1v) is 7.73. The average molecular weight is 322 g/mol. The van der Waals surface area contributed by atoms with Crippen LogP contribution in [0.15, 0.2) is 65.1 Å². The minimum Gasteiger partial charge on any atom is -0.492 e. The van der Waals surface area contributed by atoms with E-state index >= 15 is 0 Å². The van der Waals surface area contributed by atoms with E-state index in [0.29, 0.717) is 30.5 Å². The summed E-state index contributed by atoms with van der Waals surface area (Å²) in [4.78, 5) is 16.5. The second-order valence-corrected chi connectivity index (χ2v) is 5.21. The summed E-state index contributed by atoms with van der Waals surface area (Å²) in [5, 5.41) is 2.79. The Labute approximate surface area is 140 Å². The molecule has 1 heterocycles. The number of hydrogen-bond donors (Lipinski definition) is 1. The SMILES string of the molecule is Cc1oc(-c2ccccc2)nc1C(=O)NCCOc1ccccc1. The van der Waals surface area contributed by atoms with Gasteiger partial charge < -0.3 is 14.5 Å². The molecule has 3 aromatic rings. The van der Waals surface area contributed by atoms with E-state index in [1.165, 1.54) is 0 Å². The quantitative estimate of drug-likeness (QED) is 0.706. The summed E-state index contributed by atoms with van der Waals surface area (Å²) in [5.41, 5.74) is 1.14. The van der Waals surface area contributed by atoms with Gasteiger partial charge in [0, 0.05) is 5.56 Å². The molecule has 0 saturated heterocycles. The summed E-state index contributed by atoms with van der Waals surface area (Å²) >= 11 is 0. The maximum Gasteiger partial charge on any atom is 0.273 e. The Bertz CT molecular complexity index is 798.